The molecule has 0 radical (unpaired) electrons. The maximum absolute atomic E-state index is 6.05. The van der Waals surface area contributed by atoms with Gasteiger partial charge >= 0.3 is 0 Å². The van der Waals surface area contributed by atoms with Crippen LogP contribution in [0.1, 0.15) is 27.7 Å². The Morgan fingerprint density at radius 1 is 1.32 bits per heavy atom. The Morgan fingerprint density at radius 3 is 2.47 bits per heavy atom. The molecule has 0 bridgehead atoms. The zero-order valence-corrected chi connectivity index (χ0v) is 13.6. The van der Waals surface area contributed by atoms with Gasteiger partial charge in [0.05, 0.1) is 6.20 Å². The second-order valence-electron chi connectivity index (χ2n) is 5.14. The van der Waals surface area contributed by atoms with Crippen LogP contribution in [0.25, 0.3) is 5.82 Å². The van der Waals surface area contributed by atoms with E-state index in [9.17, 15) is 0 Å². The predicted molar refractivity (Wildman–Crippen MR) is 84.0 cm³/mol. The Kier molecular flexibility index (Phi) is 6.09. The molecule has 0 aliphatic carbocycles. The molecule has 3 N–H and O–H groups in total. The van der Waals surface area contributed by atoms with Gasteiger partial charge in [0.1, 0.15) is 6.20 Å². The number of aromatic nitrogens is 2. The predicted octanol–water partition coefficient (Wildman–Crippen LogP) is 3.62. The number of nitrogens with two attached hydrogens (primary N) is 1. The highest BCUT2D eigenvalue weighted by Gasteiger charge is 2.07. The minimum atomic E-state index is 0.471. The van der Waals surface area contributed by atoms with Crippen molar-refractivity contribution in [3.05, 3.63) is 47.0 Å². The molecule has 0 saturated carbocycles. The number of nitrogens with one attached hydrogen (secondary N) is 1. The molecule has 4 heteroatoms. The van der Waals surface area contributed by atoms with Crippen molar-refractivity contribution in [1.29, 1.82) is 0 Å². The van der Waals surface area contributed by atoms with Crippen LogP contribution >= 0.6 is 15.9 Å². The van der Waals surface area contributed by atoms with Crippen LogP contribution in [0.15, 0.2) is 47.0 Å². The first-order chi connectivity index (χ1) is 8.91. The molecule has 0 atom stereocenters. The van der Waals surface area contributed by atoms with Crippen LogP contribution in [0.2, 0.25) is 0 Å². The number of rotatable bonds is 5. The Hall–Kier alpha value is -1.29. The maximum atomic E-state index is 6.05. The lowest BCUT2D eigenvalue weighted by atomic mass is 10.0. The monoisotopic (exact) mass is 324 g/mol. The van der Waals surface area contributed by atoms with Crippen LogP contribution < -0.4 is 10.3 Å². The van der Waals surface area contributed by atoms with E-state index >= 15 is 0 Å². The molecule has 1 heterocycles. The number of hydrogen-bond acceptors (Lipinski definition) is 1. The fraction of sp³-hybridized carbons (Fsp3) is 0.400. The van der Waals surface area contributed by atoms with Gasteiger partial charge in [-0.15, -0.1) is 0 Å². The summed E-state index contributed by atoms with van der Waals surface area (Å²) in [5.41, 5.74) is 7.32. The van der Waals surface area contributed by atoms with Crippen molar-refractivity contribution in [3.63, 3.8) is 0 Å². The topological polar surface area (TPSA) is 45.7 Å². The van der Waals surface area contributed by atoms with Gasteiger partial charge in [-0.1, -0.05) is 45.9 Å². The van der Waals surface area contributed by atoms with E-state index in [0.29, 0.717) is 17.7 Å². The van der Waals surface area contributed by atoms with E-state index in [2.05, 4.69) is 66.8 Å². The normalized spacial score (nSPS) is 14.1. The highest BCUT2D eigenvalue weighted by atomic mass is 79.9. The van der Waals surface area contributed by atoms with Crippen LogP contribution in [0.5, 0.6) is 0 Å². The second-order valence-corrected chi connectivity index (χ2v) is 5.89. The number of imidazole rings is 1. The van der Waals surface area contributed by atoms with Gasteiger partial charge < -0.3 is 5.73 Å². The quantitative estimate of drug-likeness (QED) is 0.630. The second kappa shape index (κ2) is 7.34. The van der Waals surface area contributed by atoms with Gasteiger partial charge in [0.15, 0.2) is 0 Å². The number of allylic oxidation sites excluding steroid dienone is 5. The molecule has 1 aromatic heterocycles. The van der Waals surface area contributed by atoms with Gasteiger partial charge in [0, 0.05) is 22.0 Å². The van der Waals surface area contributed by atoms with Gasteiger partial charge in [-0.3, -0.25) is 4.98 Å². The zero-order valence-electron chi connectivity index (χ0n) is 12.0. The molecule has 0 fully saturated rings. The van der Waals surface area contributed by atoms with Crippen LogP contribution in [0, 0.1) is 11.8 Å². The number of hydrogen-bond donors (Lipinski definition) is 2. The summed E-state index contributed by atoms with van der Waals surface area (Å²) in [6.45, 7) is 8.70. The van der Waals surface area contributed by atoms with E-state index in [1.165, 1.54) is 5.57 Å². The van der Waals surface area contributed by atoms with Crippen molar-refractivity contribution < 1.29 is 4.57 Å². The molecular formula is C15H23BrN3+. The van der Waals surface area contributed by atoms with E-state index in [1.807, 2.05) is 23.0 Å². The van der Waals surface area contributed by atoms with Crippen molar-refractivity contribution in [3.8, 4) is 0 Å². The Balaban J connectivity index is 2.95. The van der Waals surface area contributed by atoms with Gasteiger partial charge in [-0.2, -0.15) is 4.57 Å². The standard InChI is InChI=1S/C15H22BrN3/c1-11(2)5-6-13(12(3)4)7-8-14(17)19-10-9-18-15(19)16/h5-12H,17H2,1-4H3/p+1/b6-5+,13-7+,14-8+. The first-order valence-electron chi connectivity index (χ1n) is 6.52. The van der Waals surface area contributed by atoms with Crippen LogP contribution in [-0.4, -0.2) is 4.98 Å². The smallest absolute Gasteiger partial charge is 0.274 e. The summed E-state index contributed by atoms with van der Waals surface area (Å²) < 4.78 is 2.68. The highest BCUT2D eigenvalue weighted by molar-refractivity contribution is 9.10. The molecule has 0 aliphatic heterocycles. The minimum Gasteiger partial charge on any atom is -0.318 e. The van der Waals surface area contributed by atoms with Crippen molar-refractivity contribution in [2.75, 3.05) is 0 Å². The summed E-state index contributed by atoms with van der Waals surface area (Å²) in [5, 5.41) is 0. The Bertz CT molecular complexity index is 493. The molecule has 1 rings (SSSR count). The maximum Gasteiger partial charge on any atom is 0.274 e. The van der Waals surface area contributed by atoms with Crippen molar-refractivity contribution in [2.24, 2.45) is 17.6 Å². The third-order valence-corrected chi connectivity index (χ3v) is 3.31. The third kappa shape index (κ3) is 5.07. The van der Waals surface area contributed by atoms with Crippen molar-refractivity contribution >= 4 is 21.8 Å². The summed E-state index contributed by atoms with van der Waals surface area (Å²) in [6.07, 6.45) is 12.1. The molecule has 0 aromatic carbocycles. The fourth-order valence-corrected chi connectivity index (χ4v) is 1.98. The summed E-state index contributed by atoms with van der Waals surface area (Å²) >= 11 is 3.40. The van der Waals surface area contributed by atoms with Crippen LogP contribution in [0.4, 0.5) is 0 Å². The molecule has 0 unspecified atom stereocenters. The Morgan fingerprint density at radius 2 is 2.00 bits per heavy atom. The first-order valence-corrected chi connectivity index (χ1v) is 7.31. The molecule has 0 spiro atoms. The molecule has 0 saturated heterocycles. The molecule has 0 aliphatic rings. The summed E-state index contributed by atoms with van der Waals surface area (Å²) in [4.78, 5) is 3.02. The molecule has 0 amide bonds. The molecule has 19 heavy (non-hydrogen) atoms. The van der Waals surface area contributed by atoms with Crippen molar-refractivity contribution in [1.82, 2.24) is 4.98 Å². The number of nitrogens with zero attached hydrogens (tertiary/aromatic N) is 1. The molecule has 3 nitrogen and oxygen atoms in total. The van der Waals surface area contributed by atoms with Crippen molar-refractivity contribution in [2.45, 2.75) is 27.7 Å². The van der Waals surface area contributed by atoms with Gasteiger partial charge in [0.25, 0.3) is 4.73 Å². The van der Waals surface area contributed by atoms with Gasteiger partial charge in [-0.25, -0.2) is 0 Å². The Labute approximate surface area is 124 Å². The summed E-state index contributed by atoms with van der Waals surface area (Å²) in [5.74, 6) is 1.69. The first kappa shape index (κ1) is 15.8. The fourth-order valence-electron chi connectivity index (χ4n) is 1.52. The molecular weight excluding hydrogens is 302 g/mol. The highest BCUT2D eigenvalue weighted by Crippen LogP contribution is 2.13. The molecule has 1 aromatic rings. The van der Waals surface area contributed by atoms with E-state index in [4.69, 9.17) is 5.73 Å². The zero-order chi connectivity index (χ0) is 14.4. The average Bonchev–Trinajstić information content (AvgIpc) is 2.74. The summed E-state index contributed by atoms with van der Waals surface area (Å²) in [7, 11) is 0. The summed E-state index contributed by atoms with van der Waals surface area (Å²) in [6, 6.07) is 0. The van der Waals surface area contributed by atoms with Gasteiger partial charge in [-0.05, 0) is 17.4 Å². The van der Waals surface area contributed by atoms with E-state index in [-0.39, 0.29) is 0 Å². The van der Waals surface area contributed by atoms with Gasteiger partial charge in [0.2, 0.25) is 5.82 Å². The van der Waals surface area contributed by atoms with E-state index < -0.39 is 0 Å². The lowest BCUT2D eigenvalue weighted by Gasteiger charge is -2.06. The minimum absolute atomic E-state index is 0.471. The SMILES string of the molecule is CC(C)/C=C/C(=C\C=C(/N)[n+]1cc[nH]c1Br)C(C)C. The van der Waals surface area contributed by atoms with Crippen LogP contribution in [0.3, 0.4) is 0 Å². The number of H-pyrrole nitrogens is 1. The lowest BCUT2D eigenvalue weighted by Crippen LogP contribution is -2.35. The average molecular weight is 325 g/mol. The number of halogens is 1. The number of aromatic amines is 1. The molecule has 104 valence electrons. The van der Waals surface area contributed by atoms with E-state index in [1.54, 1.807) is 0 Å². The third-order valence-electron chi connectivity index (χ3n) is 2.70. The lowest BCUT2D eigenvalue weighted by molar-refractivity contribution is -0.593. The van der Waals surface area contributed by atoms with Crippen LogP contribution in [-0.2, 0) is 0 Å². The largest absolute Gasteiger partial charge is 0.318 e. The van der Waals surface area contributed by atoms with E-state index in [0.717, 1.165) is 4.73 Å².